The van der Waals surface area contributed by atoms with Crippen molar-refractivity contribution in [1.29, 1.82) is 0 Å². The van der Waals surface area contributed by atoms with Gasteiger partial charge in [0.2, 0.25) is 5.91 Å². The molecule has 1 atom stereocenters. The third kappa shape index (κ3) is 4.32. The van der Waals surface area contributed by atoms with Crippen LogP contribution in [-0.2, 0) is 4.79 Å². The highest BCUT2D eigenvalue weighted by Gasteiger charge is 2.20. The molecule has 2 rings (SSSR count). The summed E-state index contributed by atoms with van der Waals surface area (Å²) in [6.07, 6.45) is 0. The predicted octanol–water partition coefficient (Wildman–Crippen LogP) is 4.33. The number of hydrogen-bond acceptors (Lipinski definition) is 4. The lowest BCUT2D eigenvalue weighted by Gasteiger charge is -2.14. The van der Waals surface area contributed by atoms with Crippen molar-refractivity contribution in [3.05, 3.63) is 63.7 Å². The Morgan fingerprint density at radius 3 is 2.57 bits per heavy atom. The van der Waals surface area contributed by atoms with Gasteiger partial charge in [0, 0.05) is 11.0 Å². The van der Waals surface area contributed by atoms with Gasteiger partial charge in [0.1, 0.15) is 5.69 Å². The number of thioether (sulfide) groups is 1. The molecule has 0 saturated heterocycles. The maximum Gasteiger partial charge on any atom is 0.292 e. The molecule has 120 valence electrons. The fraction of sp³-hybridized carbons (Fsp3) is 0.235. The van der Waals surface area contributed by atoms with Crippen molar-refractivity contribution in [2.45, 2.75) is 30.9 Å². The number of nitrogens with one attached hydrogen (secondary N) is 1. The average Bonchev–Trinajstić information content (AvgIpc) is 2.50. The molecule has 0 aliphatic rings. The SMILES string of the molecule is Cc1ccc(S[C@@H](C)C(=O)Nc2ccccc2[N+](=O)[O-])c(C)c1. The average molecular weight is 330 g/mol. The summed E-state index contributed by atoms with van der Waals surface area (Å²) >= 11 is 1.44. The molecule has 0 spiro atoms. The Kier molecular flexibility index (Phi) is 5.39. The van der Waals surface area contributed by atoms with Crippen LogP contribution in [0, 0.1) is 24.0 Å². The van der Waals surface area contributed by atoms with Crippen LogP contribution < -0.4 is 5.32 Å². The molecule has 0 unspecified atom stereocenters. The molecule has 0 bridgehead atoms. The van der Waals surface area contributed by atoms with Gasteiger partial charge >= 0.3 is 0 Å². The van der Waals surface area contributed by atoms with Gasteiger partial charge in [0.25, 0.3) is 5.69 Å². The van der Waals surface area contributed by atoms with Crippen molar-refractivity contribution in [2.75, 3.05) is 5.32 Å². The van der Waals surface area contributed by atoms with Crippen LogP contribution in [0.2, 0.25) is 0 Å². The smallest absolute Gasteiger partial charge is 0.292 e. The van der Waals surface area contributed by atoms with Crippen LogP contribution >= 0.6 is 11.8 Å². The van der Waals surface area contributed by atoms with Gasteiger partial charge in [-0.2, -0.15) is 0 Å². The quantitative estimate of drug-likeness (QED) is 0.503. The zero-order chi connectivity index (χ0) is 17.0. The number of benzene rings is 2. The molecule has 2 aromatic carbocycles. The lowest BCUT2D eigenvalue weighted by Crippen LogP contribution is -2.23. The Balaban J connectivity index is 2.10. The molecule has 0 aliphatic carbocycles. The number of nitro benzene ring substituents is 1. The second-order valence-electron chi connectivity index (χ2n) is 5.29. The lowest BCUT2D eigenvalue weighted by molar-refractivity contribution is -0.383. The summed E-state index contributed by atoms with van der Waals surface area (Å²) in [7, 11) is 0. The molecule has 0 fully saturated rings. The van der Waals surface area contributed by atoms with Gasteiger partial charge in [-0.15, -0.1) is 11.8 Å². The highest BCUT2D eigenvalue weighted by atomic mass is 32.2. The molecule has 0 radical (unpaired) electrons. The van der Waals surface area contributed by atoms with Crippen LogP contribution in [0.1, 0.15) is 18.1 Å². The van der Waals surface area contributed by atoms with Crippen molar-refractivity contribution >= 4 is 29.0 Å². The Morgan fingerprint density at radius 2 is 1.91 bits per heavy atom. The van der Waals surface area contributed by atoms with Gasteiger partial charge in [-0.3, -0.25) is 14.9 Å². The normalized spacial score (nSPS) is 11.8. The standard InChI is InChI=1S/C17H18N2O3S/c1-11-8-9-16(12(2)10-11)23-13(3)17(20)18-14-6-4-5-7-15(14)19(21)22/h4-10,13H,1-3H3,(H,18,20)/t13-/m0/s1. The van der Waals surface area contributed by atoms with Gasteiger partial charge in [0.15, 0.2) is 0 Å². The largest absolute Gasteiger partial charge is 0.319 e. The van der Waals surface area contributed by atoms with Crippen molar-refractivity contribution in [2.24, 2.45) is 0 Å². The van der Waals surface area contributed by atoms with Crippen LogP contribution in [0.15, 0.2) is 47.4 Å². The number of para-hydroxylation sites is 2. The minimum absolute atomic E-state index is 0.107. The van der Waals surface area contributed by atoms with Crippen LogP contribution in [0.25, 0.3) is 0 Å². The first-order valence-corrected chi connectivity index (χ1v) is 8.04. The molecular formula is C17H18N2O3S. The number of aryl methyl sites for hydroxylation is 2. The number of carbonyl (C=O) groups is 1. The van der Waals surface area contributed by atoms with Crippen molar-refractivity contribution in [3.63, 3.8) is 0 Å². The van der Waals surface area contributed by atoms with E-state index in [1.165, 1.54) is 29.5 Å². The number of nitrogens with zero attached hydrogens (tertiary/aromatic N) is 1. The number of nitro groups is 1. The summed E-state index contributed by atoms with van der Waals surface area (Å²) in [5, 5.41) is 13.3. The summed E-state index contributed by atoms with van der Waals surface area (Å²) in [5.74, 6) is -0.260. The van der Waals surface area contributed by atoms with Crippen LogP contribution in [0.3, 0.4) is 0 Å². The summed E-state index contributed by atoms with van der Waals surface area (Å²) < 4.78 is 0. The van der Waals surface area contributed by atoms with Gasteiger partial charge in [-0.25, -0.2) is 0 Å². The fourth-order valence-corrected chi connectivity index (χ4v) is 3.09. The molecule has 0 aliphatic heterocycles. The summed E-state index contributed by atoms with van der Waals surface area (Å²) in [6.45, 7) is 5.81. The topological polar surface area (TPSA) is 72.2 Å². The van der Waals surface area contributed by atoms with Gasteiger partial charge in [-0.05, 0) is 38.5 Å². The number of hydrogen-bond donors (Lipinski definition) is 1. The molecule has 23 heavy (non-hydrogen) atoms. The van der Waals surface area contributed by atoms with Gasteiger partial charge in [-0.1, -0.05) is 29.8 Å². The highest BCUT2D eigenvalue weighted by molar-refractivity contribution is 8.00. The van der Waals surface area contributed by atoms with Gasteiger partial charge in [0.05, 0.1) is 10.2 Å². The Labute approximate surface area is 139 Å². The van der Waals surface area contributed by atoms with E-state index in [4.69, 9.17) is 0 Å². The van der Waals surface area contributed by atoms with Gasteiger partial charge < -0.3 is 5.32 Å². The van der Waals surface area contributed by atoms with E-state index in [2.05, 4.69) is 11.4 Å². The third-order valence-electron chi connectivity index (χ3n) is 3.36. The molecule has 0 heterocycles. The second-order valence-corrected chi connectivity index (χ2v) is 6.68. The van der Waals surface area contributed by atoms with E-state index in [9.17, 15) is 14.9 Å². The molecule has 1 amide bonds. The Hall–Kier alpha value is -2.34. The molecular weight excluding hydrogens is 312 g/mol. The first-order valence-electron chi connectivity index (χ1n) is 7.16. The summed E-state index contributed by atoms with van der Waals surface area (Å²) in [6, 6.07) is 12.2. The Morgan fingerprint density at radius 1 is 1.22 bits per heavy atom. The molecule has 2 aromatic rings. The number of anilines is 1. The van der Waals surface area contributed by atoms with E-state index in [1.54, 1.807) is 19.1 Å². The lowest BCUT2D eigenvalue weighted by atomic mass is 10.2. The van der Waals surface area contributed by atoms with Crippen molar-refractivity contribution in [3.8, 4) is 0 Å². The third-order valence-corrected chi connectivity index (χ3v) is 4.64. The molecule has 6 heteroatoms. The van der Waals surface area contributed by atoms with E-state index in [1.807, 2.05) is 26.0 Å². The molecule has 0 aromatic heterocycles. The van der Waals surface area contributed by atoms with Crippen molar-refractivity contribution in [1.82, 2.24) is 0 Å². The minimum Gasteiger partial charge on any atom is -0.319 e. The summed E-state index contributed by atoms with van der Waals surface area (Å²) in [4.78, 5) is 23.8. The van der Waals surface area contributed by atoms with Crippen LogP contribution in [-0.4, -0.2) is 16.1 Å². The van der Waals surface area contributed by atoms with E-state index in [0.29, 0.717) is 0 Å². The first kappa shape index (κ1) is 17.0. The maximum absolute atomic E-state index is 12.3. The fourth-order valence-electron chi connectivity index (χ4n) is 2.15. The van der Waals surface area contributed by atoms with Crippen LogP contribution in [0.4, 0.5) is 11.4 Å². The summed E-state index contributed by atoms with van der Waals surface area (Å²) in [5.41, 5.74) is 2.39. The van der Waals surface area contributed by atoms with Crippen molar-refractivity contribution < 1.29 is 9.72 Å². The molecule has 1 N–H and O–H groups in total. The maximum atomic E-state index is 12.3. The van der Waals surface area contributed by atoms with E-state index in [-0.39, 0.29) is 22.5 Å². The number of amides is 1. The zero-order valence-corrected chi connectivity index (χ0v) is 14.0. The van der Waals surface area contributed by atoms with E-state index < -0.39 is 4.92 Å². The number of rotatable bonds is 5. The van der Waals surface area contributed by atoms with E-state index >= 15 is 0 Å². The molecule has 5 nitrogen and oxygen atoms in total. The van der Waals surface area contributed by atoms with E-state index in [0.717, 1.165) is 10.5 Å². The Bertz CT molecular complexity index is 746. The second kappa shape index (κ2) is 7.28. The first-order chi connectivity index (χ1) is 10.9. The highest BCUT2D eigenvalue weighted by Crippen LogP contribution is 2.29. The molecule has 0 saturated carbocycles. The predicted molar refractivity (Wildman–Crippen MR) is 93.0 cm³/mol. The zero-order valence-electron chi connectivity index (χ0n) is 13.2. The monoisotopic (exact) mass is 330 g/mol. The minimum atomic E-state index is -0.502. The van der Waals surface area contributed by atoms with Crippen LogP contribution in [0.5, 0.6) is 0 Å². The number of carbonyl (C=O) groups excluding carboxylic acids is 1.